The van der Waals surface area contributed by atoms with Gasteiger partial charge in [-0.2, -0.15) is 0 Å². The lowest BCUT2D eigenvalue weighted by atomic mass is 9.59. The molecule has 8 nitrogen and oxygen atoms in total. The zero-order chi connectivity index (χ0) is 23.6. The molecule has 0 radical (unpaired) electrons. The van der Waals surface area contributed by atoms with Crippen LogP contribution in [0.2, 0.25) is 15.2 Å². The molecule has 0 amide bonds. The van der Waals surface area contributed by atoms with Crippen molar-refractivity contribution in [3.05, 3.63) is 69.6 Å². The van der Waals surface area contributed by atoms with Crippen molar-refractivity contribution < 1.29 is 10.2 Å². The second-order valence-corrected chi connectivity index (χ2v) is 10.2. The number of imidazole rings is 2. The van der Waals surface area contributed by atoms with Crippen molar-refractivity contribution >= 4 is 51.7 Å². The molecule has 2 fully saturated rings. The van der Waals surface area contributed by atoms with Gasteiger partial charge in [0.2, 0.25) is 0 Å². The van der Waals surface area contributed by atoms with E-state index in [1.165, 1.54) is 0 Å². The van der Waals surface area contributed by atoms with Gasteiger partial charge >= 0.3 is 0 Å². The number of fused-ring (bicyclic) bond motifs is 2. The summed E-state index contributed by atoms with van der Waals surface area (Å²) in [5.74, 6) is 0.678. The quantitative estimate of drug-likeness (QED) is 0.292. The second kappa shape index (κ2) is 8.10. The van der Waals surface area contributed by atoms with Crippen LogP contribution < -0.4 is 5.32 Å². The maximum absolute atomic E-state index is 11.1. The molecule has 176 valence electrons. The number of nitrogens with one attached hydrogen (secondary N) is 2. The fourth-order valence-electron chi connectivity index (χ4n) is 5.70. The highest BCUT2D eigenvalue weighted by molar-refractivity contribution is 6.33. The first-order valence-corrected chi connectivity index (χ1v) is 12.1. The Balaban J connectivity index is 1.37. The summed E-state index contributed by atoms with van der Waals surface area (Å²) in [4.78, 5) is 16.7. The Morgan fingerprint density at radius 2 is 2.03 bits per heavy atom. The molecular formula is C23H21Cl3N6O2. The van der Waals surface area contributed by atoms with E-state index in [4.69, 9.17) is 34.8 Å². The van der Waals surface area contributed by atoms with E-state index < -0.39 is 23.7 Å². The van der Waals surface area contributed by atoms with E-state index in [0.717, 1.165) is 18.4 Å². The number of pyridine rings is 1. The molecular weight excluding hydrogens is 499 g/mol. The number of hydrogen-bond donors (Lipinski definition) is 4. The van der Waals surface area contributed by atoms with Gasteiger partial charge in [-0.3, -0.25) is 0 Å². The third kappa shape index (κ3) is 3.17. The molecule has 0 aliphatic heterocycles. The number of nitrogens with zero attached hydrogens (tertiary/aromatic N) is 4. The van der Waals surface area contributed by atoms with Gasteiger partial charge in [-0.25, -0.2) is 15.0 Å². The first-order chi connectivity index (χ1) is 16.4. The van der Waals surface area contributed by atoms with Crippen molar-refractivity contribution in [1.29, 1.82) is 0 Å². The summed E-state index contributed by atoms with van der Waals surface area (Å²) in [6.45, 7) is 0.413. The monoisotopic (exact) mass is 518 g/mol. The number of aliphatic hydroxyl groups excluding tert-OH is 2. The molecule has 0 spiro atoms. The molecule has 6 rings (SSSR count). The molecule has 2 saturated carbocycles. The van der Waals surface area contributed by atoms with Crippen LogP contribution in [0.3, 0.4) is 0 Å². The Morgan fingerprint density at radius 1 is 1.18 bits per heavy atom. The molecule has 11 heteroatoms. The lowest BCUT2D eigenvalue weighted by molar-refractivity contribution is -0.0228. The molecule has 0 saturated heterocycles. The zero-order valence-corrected chi connectivity index (χ0v) is 20.1. The summed E-state index contributed by atoms with van der Waals surface area (Å²) in [5.41, 5.74) is 2.04. The fraction of sp³-hybridized carbons (Fsp3) is 0.348. The van der Waals surface area contributed by atoms with Crippen LogP contribution in [-0.4, -0.2) is 46.9 Å². The molecule has 3 heterocycles. The minimum absolute atomic E-state index is 0.0245. The van der Waals surface area contributed by atoms with E-state index in [0.29, 0.717) is 39.3 Å². The number of hydrogen-bond acceptors (Lipinski definition) is 6. The topological polar surface area (TPSA) is 112 Å². The molecule has 0 unspecified atom stereocenters. The minimum atomic E-state index is -1.00. The predicted molar refractivity (Wildman–Crippen MR) is 130 cm³/mol. The number of H-pyrrole nitrogens is 1. The first kappa shape index (κ1) is 22.1. The first-order valence-electron chi connectivity index (χ1n) is 11.0. The molecule has 4 aromatic rings. The van der Waals surface area contributed by atoms with Gasteiger partial charge in [0.25, 0.3) is 0 Å². The average Bonchev–Trinajstić information content (AvgIpc) is 3.50. The molecule has 3 aromatic heterocycles. The molecule has 4 N–H and O–H groups in total. The maximum Gasteiger partial charge on any atom is 0.164 e. The van der Waals surface area contributed by atoms with Crippen LogP contribution in [0.25, 0.3) is 11.2 Å². The normalized spacial score (nSPS) is 28.1. The third-order valence-corrected chi connectivity index (χ3v) is 8.18. The van der Waals surface area contributed by atoms with Gasteiger partial charge in [-0.1, -0.05) is 34.8 Å². The van der Waals surface area contributed by atoms with Crippen LogP contribution >= 0.6 is 34.8 Å². The average molecular weight is 520 g/mol. The minimum Gasteiger partial charge on any atom is -0.389 e. The van der Waals surface area contributed by atoms with Crippen LogP contribution in [0.15, 0.2) is 43.0 Å². The molecule has 1 aromatic carbocycles. The Hall–Kier alpha value is -2.36. The predicted octanol–water partition coefficient (Wildman–Crippen LogP) is 4.35. The molecule has 0 bridgehead atoms. The summed E-state index contributed by atoms with van der Waals surface area (Å²) in [5, 5.41) is 27.0. The van der Waals surface area contributed by atoms with Gasteiger partial charge in [0.1, 0.15) is 22.6 Å². The van der Waals surface area contributed by atoms with E-state index >= 15 is 0 Å². The van der Waals surface area contributed by atoms with Crippen molar-refractivity contribution in [2.75, 3.05) is 5.32 Å². The Morgan fingerprint density at radius 3 is 2.76 bits per heavy atom. The number of aromatic nitrogens is 5. The summed E-state index contributed by atoms with van der Waals surface area (Å²) >= 11 is 18.8. The lowest BCUT2D eigenvalue weighted by Crippen LogP contribution is -2.50. The number of aromatic amines is 1. The Labute approximate surface area is 209 Å². The summed E-state index contributed by atoms with van der Waals surface area (Å²) in [6.07, 6.45) is 4.70. The van der Waals surface area contributed by atoms with Crippen LogP contribution in [0.1, 0.15) is 30.3 Å². The van der Waals surface area contributed by atoms with Gasteiger partial charge in [-0.05, 0) is 42.5 Å². The van der Waals surface area contributed by atoms with Crippen molar-refractivity contribution in [1.82, 2.24) is 24.5 Å². The second-order valence-electron chi connectivity index (χ2n) is 8.96. The SMILES string of the molecule is O[C@H]1[C@H](n2cnc3c(NCc4cc(Cl)ccc4Cl)cc(Cl)nc32)[C@H]2CC[C@@]2(c2ncc[nH]2)[C@H]1O. The molecule has 5 atom stereocenters. The molecule has 34 heavy (non-hydrogen) atoms. The van der Waals surface area contributed by atoms with Crippen LogP contribution in [0, 0.1) is 5.92 Å². The number of rotatable bonds is 5. The van der Waals surface area contributed by atoms with E-state index in [1.807, 2.05) is 4.57 Å². The molecule has 2 aliphatic carbocycles. The summed E-state index contributed by atoms with van der Waals surface area (Å²) in [7, 11) is 0. The number of anilines is 1. The largest absolute Gasteiger partial charge is 0.389 e. The van der Waals surface area contributed by atoms with Crippen molar-refractivity contribution in [2.24, 2.45) is 5.92 Å². The third-order valence-electron chi connectivity index (χ3n) is 7.38. The highest BCUT2D eigenvalue weighted by Crippen LogP contribution is 2.62. The smallest absolute Gasteiger partial charge is 0.164 e. The fourth-order valence-corrected chi connectivity index (χ4v) is 6.27. The van der Waals surface area contributed by atoms with Crippen LogP contribution in [0.4, 0.5) is 5.69 Å². The van der Waals surface area contributed by atoms with E-state index in [2.05, 4.69) is 25.3 Å². The highest BCUT2D eigenvalue weighted by Gasteiger charge is 2.67. The Bertz CT molecular complexity index is 1380. The standard InChI is InChI=1S/C23H21Cl3N6O2/c24-12-1-2-14(25)11(7-12)9-29-15-8-16(26)31-21-17(15)30-10-32(21)18-13-3-4-23(13,20(34)19(18)33)22-27-5-6-28-22/h1-2,5-8,10,13,18-20,33-34H,3-4,9H2,(H,27,28)(H,29,31)/t13-,18-,19+,20+,23+/m1/s1. The van der Waals surface area contributed by atoms with Gasteiger partial charge in [0.05, 0.1) is 29.6 Å². The van der Waals surface area contributed by atoms with Crippen LogP contribution in [0.5, 0.6) is 0 Å². The maximum atomic E-state index is 11.1. The van der Waals surface area contributed by atoms with E-state index in [9.17, 15) is 10.2 Å². The van der Waals surface area contributed by atoms with Crippen molar-refractivity contribution in [3.8, 4) is 0 Å². The van der Waals surface area contributed by atoms with Crippen LogP contribution in [-0.2, 0) is 12.0 Å². The summed E-state index contributed by atoms with van der Waals surface area (Å²) < 4.78 is 1.83. The lowest BCUT2D eigenvalue weighted by Gasteiger charge is -2.46. The molecule has 2 aliphatic rings. The van der Waals surface area contributed by atoms with Gasteiger partial charge in [-0.15, -0.1) is 0 Å². The number of halogens is 3. The van der Waals surface area contributed by atoms with Gasteiger partial charge in [0, 0.05) is 35.1 Å². The zero-order valence-electron chi connectivity index (χ0n) is 17.8. The van der Waals surface area contributed by atoms with E-state index in [-0.39, 0.29) is 11.1 Å². The van der Waals surface area contributed by atoms with Crippen molar-refractivity contribution in [3.63, 3.8) is 0 Å². The highest BCUT2D eigenvalue weighted by atomic mass is 35.5. The van der Waals surface area contributed by atoms with Gasteiger partial charge in [0.15, 0.2) is 5.65 Å². The van der Waals surface area contributed by atoms with Crippen molar-refractivity contribution in [2.45, 2.75) is 43.1 Å². The number of benzene rings is 1. The van der Waals surface area contributed by atoms with E-state index in [1.54, 1.807) is 43.0 Å². The summed E-state index contributed by atoms with van der Waals surface area (Å²) in [6, 6.07) is 6.58. The van der Waals surface area contributed by atoms with Gasteiger partial charge < -0.3 is 25.1 Å². The number of aliphatic hydroxyl groups is 2. The Kier molecular flexibility index (Phi) is 5.27.